The van der Waals surface area contributed by atoms with Crippen molar-refractivity contribution < 1.29 is 9.47 Å². The van der Waals surface area contributed by atoms with E-state index >= 15 is 0 Å². The van der Waals surface area contributed by atoms with Gasteiger partial charge in [0.25, 0.3) is 0 Å². The minimum atomic E-state index is -0.275. The molecule has 0 bridgehead atoms. The van der Waals surface area contributed by atoms with Crippen LogP contribution in [-0.2, 0) is 16.9 Å². The summed E-state index contributed by atoms with van der Waals surface area (Å²) in [6.07, 6.45) is 0.914. The van der Waals surface area contributed by atoms with E-state index in [0.29, 0.717) is 6.61 Å². The van der Waals surface area contributed by atoms with Crippen molar-refractivity contribution in [1.82, 2.24) is 0 Å². The molecule has 0 aromatic heterocycles. The average molecular weight is 320 g/mol. The average Bonchev–Trinajstić information content (AvgIpc) is 2.65. The first-order valence-electron chi connectivity index (χ1n) is 8.41. The molecule has 0 heterocycles. The van der Waals surface area contributed by atoms with Gasteiger partial charge in [-0.3, -0.25) is 0 Å². The highest BCUT2D eigenvalue weighted by molar-refractivity contribution is 5.82. The molecule has 0 aliphatic rings. The molecule has 1 atom stereocenters. The zero-order chi connectivity index (χ0) is 17.0. The number of hydrogen-bond donors (Lipinski definition) is 0. The van der Waals surface area contributed by atoms with Gasteiger partial charge in [0.05, 0.1) is 5.60 Å². The van der Waals surface area contributed by atoms with Gasteiger partial charge in [0.2, 0.25) is 0 Å². The van der Waals surface area contributed by atoms with Gasteiger partial charge in [0.1, 0.15) is 12.4 Å². The van der Waals surface area contributed by atoms with Crippen LogP contribution in [0.5, 0.6) is 5.75 Å². The third-order valence-electron chi connectivity index (χ3n) is 4.79. The van der Waals surface area contributed by atoms with Crippen molar-refractivity contribution in [2.45, 2.75) is 32.5 Å². The molecule has 0 aliphatic heterocycles. The normalized spacial score (nSPS) is 13.6. The molecule has 0 saturated heterocycles. The van der Waals surface area contributed by atoms with Crippen molar-refractivity contribution >= 4 is 10.8 Å². The molecule has 0 amide bonds. The predicted molar refractivity (Wildman–Crippen MR) is 99.4 cm³/mol. The molecule has 3 rings (SSSR count). The fraction of sp³-hybridized carbons (Fsp3) is 0.273. The van der Waals surface area contributed by atoms with E-state index in [2.05, 4.69) is 68.4 Å². The number of methoxy groups -OCH3 is 1. The summed E-state index contributed by atoms with van der Waals surface area (Å²) >= 11 is 0. The van der Waals surface area contributed by atoms with Gasteiger partial charge in [0.15, 0.2) is 0 Å². The lowest BCUT2D eigenvalue weighted by molar-refractivity contribution is -0.00158. The van der Waals surface area contributed by atoms with Crippen LogP contribution < -0.4 is 4.74 Å². The summed E-state index contributed by atoms with van der Waals surface area (Å²) in [7, 11) is 1.76. The van der Waals surface area contributed by atoms with E-state index in [1.165, 1.54) is 16.3 Å². The first kappa shape index (κ1) is 16.5. The van der Waals surface area contributed by atoms with E-state index in [1.807, 2.05) is 12.1 Å². The molecule has 1 unspecified atom stereocenters. The first-order valence-corrected chi connectivity index (χ1v) is 8.41. The van der Waals surface area contributed by atoms with Gasteiger partial charge >= 0.3 is 0 Å². The number of hydrogen-bond acceptors (Lipinski definition) is 2. The summed E-state index contributed by atoms with van der Waals surface area (Å²) in [5.74, 6) is 0.873. The third kappa shape index (κ3) is 3.44. The first-order chi connectivity index (χ1) is 11.6. The maximum Gasteiger partial charge on any atom is 0.120 e. The monoisotopic (exact) mass is 320 g/mol. The predicted octanol–water partition coefficient (Wildman–Crippen LogP) is 5.69. The van der Waals surface area contributed by atoms with Crippen molar-refractivity contribution in [3.05, 3.63) is 77.9 Å². The number of rotatable bonds is 6. The van der Waals surface area contributed by atoms with Crippen molar-refractivity contribution in [3.63, 3.8) is 0 Å². The van der Waals surface area contributed by atoms with Crippen LogP contribution in [0, 0.1) is 0 Å². The summed E-state index contributed by atoms with van der Waals surface area (Å²) in [5.41, 5.74) is 2.04. The zero-order valence-electron chi connectivity index (χ0n) is 14.6. The SMILES string of the molecule is CCC(C)(OC)c1cccc(OCc2ccc3ccccc3c2)c1. The van der Waals surface area contributed by atoms with Crippen molar-refractivity contribution in [3.8, 4) is 5.75 Å². The highest BCUT2D eigenvalue weighted by Crippen LogP contribution is 2.30. The van der Waals surface area contributed by atoms with Gasteiger partial charge in [-0.15, -0.1) is 0 Å². The standard InChI is InChI=1S/C22H24O2/c1-4-22(2,23-3)20-10-7-11-21(15-20)24-16-17-12-13-18-8-5-6-9-19(18)14-17/h5-15H,4,16H2,1-3H3. The second-order valence-corrected chi connectivity index (χ2v) is 6.29. The third-order valence-corrected chi connectivity index (χ3v) is 4.79. The van der Waals surface area contributed by atoms with Gasteiger partial charge in [0, 0.05) is 7.11 Å². The largest absolute Gasteiger partial charge is 0.489 e. The Bertz CT molecular complexity index is 819. The van der Waals surface area contributed by atoms with Crippen LogP contribution in [0.4, 0.5) is 0 Å². The summed E-state index contributed by atoms with van der Waals surface area (Å²) < 4.78 is 11.7. The summed E-state index contributed by atoms with van der Waals surface area (Å²) in [6.45, 7) is 4.80. The lowest BCUT2D eigenvalue weighted by atomic mass is 9.93. The lowest BCUT2D eigenvalue weighted by Crippen LogP contribution is -2.23. The van der Waals surface area contributed by atoms with Gasteiger partial charge in [-0.05, 0) is 53.4 Å². The van der Waals surface area contributed by atoms with Crippen LogP contribution in [0.25, 0.3) is 10.8 Å². The topological polar surface area (TPSA) is 18.5 Å². The quantitative estimate of drug-likeness (QED) is 0.581. The minimum absolute atomic E-state index is 0.275. The molecular formula is C22H24O2. The molecule has 124 valence electrons. The highest BCUT2D eigenvalue weighted by atomic mass is 16.5. The van der Waals surface area contributed by atoms with Gasteiger partial charge in [-0.2, -0.15) is 0 Å². The van der Waals surface area contributed by atoms with Crippen LogP contribution in [0.1, 0.15) is 31.4 Å². The van der Waals surface area contributed by atoms with Gasteiger partial charge in [-0.25, -0.2) is 0 Å². The van der Waals surface area contributed by atoms with E-state index in [0.717, 1.165) is 17.7 Å². The fourth-order valence-electron chi connectivity index (χ4n) is 2.88. The van der Waals surface area contributed by atoms with Gasteiger partial charge in [-0.1, -0.05) is 55.5 Å². The molecule has 0 radical (unpaired) electrons. The van der Waals surface area contributed by atoms with Crippen LogP contribution in [-0.4, -0.2) is 7.11 Å². The molecule has 2 nitrogen and oxygen atoms in total. The maximum absolute atomic E-state index is 6.01. The van der Waals surface area contributed by atoms with Crippen LogP contribution in [0.2, 0.25) is 0 Å². The second kappa shape index (κ2) is 7.06. The Balaban J connectivity index is 1.76. The molecule has 0 aliphatic carbocycles. The van der Waals surface area contributed by atoms with Crippen molar-refractivity contribution in [1.29, 1.82) is 0 Å². The summed E-state index contributed by atoms with van der Waals surface area (Å²) in [6, 6.07) is 23.0. The molecule has 0 saturated carbocycles. The number of ether oxygens (including phenoxy) is 2. The molecular weight excluding hydrogens is 296 g/mol. The minimum Gasteiger partial charge on any atom is -0.489 e. The van der Waals surface area contributed by atoms with E-state index in [4.69, 9.17) is 9.47 Å². The van der Waals surface area contributed by atoms with Gasteiger partial charge < -0.3 is 9.47 Å². The van der Waals surface area contributed by atoms with Crippen molar-refractivity contribution in [2.75, 3.05) is 7.11 Å². The Morgan fingerprint density at radius 2 is 1.67 bits per heavy atom. The van der Waals surface area contributed by atoms with E-state index in [9.17, 15) is 0 Å². The lowest BCUT2D eigenvalue weighted by Gasteiger charge is -2.27. The Morgan fingerprint density at radius 1 is 0.875 bits per heavy atom. The van der Waals surface area contributed by atoms with Crippen molar-refractivity contribution in [2.24, 2.45) is 0 Å². The van der Waals surface area contributed by atoms with E-state index in [1.54, 1.807) is 7.11 Å². The highest BCUT2D eigenvalue weighted by Gasteiger charge is 2.23. The molecule has 24 heavy (non-hydrogen) atoms. The summed E-state index contributed by atoms with van der Waals surface area (Å²) in [4.78, 5) is 0. The molecule has 0 spiro atoms. The Labute approximate surface area is 144 Å². The second-order valence-electron chi connectivity index (χ2n) is 6.29. The van der Waals surface area contributed by atoms with Crippen LogP contribution in [0.15, 0.2) is 66.7 Å². The Hall–Kier alpha value is -2.32. The zero-order valence-corrected chi connectivity index (χ0v) is 14.6. The van der Waals surface area contributed by atoms with E-state index < -0.39 is 0 Å². The van der Waals surface area contributed by atoms with Crippen LogP contribution in [0.3, 0.4) is 0 Å². The number of fused-ring (bicyclic) bond motifs is 1. The fourth-order valence-corrected chi connectivity index (χ4v) is 2.88. The van der Waals surface area contributed by atoms with E-state index in [-0.39, 0.29) is 5.60 Å². The summed E-state index contributed by atoms with van der Waals surface area (Å²) in [5, 5.41) is 2.49. The molecule has 2 heteroatoms. The molecule has 0 N–H and O–H groups in total. The number of benzene rings is 3. The molecule has 0 fully saturated rings. The maximum atomic E-state index is 6.01. The van der Waals surface area contributed by atoms with Crippen LogP contribution >= 0.6 is 0 Å². The Kier molecular flexibility index (Phi) is 4.86. The molecule has 3 aromatic carbocycles. The Morgan fingerprint density at radius 3 is 2.42 bits per heavy atom. The smallest absolute Gasteiger partial charge is 0.120 e. The molecule has 3 aromatic rings.